The molecule has 1 atom stereocenters. The Balaban J connectivity index is 1.23. The van der Waals surface area contributed by atoms with E-state index in [2.05, 4.69) is 67.9 Å². The first-order valence-electron chi connectivity index (χ1n) is 13.2. The Kier molecular flexibility index (Phi) is 7.60. The molecule has 3 saturated heterocycles. The zero-order chi connectivity index (χ0) is 22.5. The average Bonchev–Trinajstić information content (AvgIpc) is 2.89. The van der Waals surface area contributed by atoms with Crippen LogP contribution in [0.25, 0.3) is 0 Å². The minimum atomic E-state index is 0.476. The number of aromatic nitrogens is 1. The number of pyridine rings is 1. The van der Waals surface area contributed by atoms with Gasteiger partial charge >= 0.3 is 0 Å². The number of nitrogens with zero attached hydrogens (tertiary/aromatic N) is 5. The highest BCUT2D eigenvalue weighted by molar-refractivity contribution is 5.38. The summed E-state index contributed by atoms with van der Waals surface area (Å²) in [4.78, 5) is 15.3. The molecule has 0 aliphatic carbocycles. The van der Waals surface area contributed by atoms with E-state index in [0.29, 0.717) is 6.04 Å². The van der Waals surface area contributed by atoms with E-state index in [1.807, 2.05) is 12.3 Å². The van der Waals surface area contributed by atoms with Crippen molar-refractivity contribution in [2.75, 3.05) is 63.8 Å². The van der Waals surface area contributed by atoms with Gasteiger partial charge in [-0.05, 0) is 82.0 Å². The molecule has 4 heterocycles. The maximum absolute atomic E-state index is 4.58. The van der Waals surface area contributed by atoms with Gasteiger partial charge in [0.15, 0.2) is 0 Å². The fraction of sp³-hybridized carbons (Fsp3) is 0.607. The third kappa shape index (κ3) is 5.59. The largest absolute Gasteiger partial charge is 0.354 e. The van der Waals surface area contributed by atoms with Crippen LogP contribution in [0.5, 0.6) is 0 Å². The van der Waals surface area contributed by atoms with Crippen molar-refractivity contribution in [1.29, 1.82) is 0 Å². The van der Waals surface area contributed by atoms with Crippen LogP contribution in [0.3, 0.4) is 0 Å². The van der Waals surface area contributed by atoms with Gasteiger partial charge in [0, 0.05) is 51.0 Å². The monoisotopic (exact) mass is 447 g/mol. The van der Waals surface area contributed by atoms with Gasteiger partial charge in [-0.3, -0.25) is 4.90 Å². The summed E-state index contributed by atoms with van der Waals surface area (Å²) in [5, 5.41) is 0. The second-order valence-corrected chi connectivity index (χ2v) is 10.2. The second-order valence-electron chi connectivity index (χ2n) is 10.2. The molecule has 3 aliphatic rings. The third-order valence-electron chi connectivity index (χ3n) is 8.17. The molecule has 0 N–H and O–H groups in total. The molecule has 0 spiro atoms. The van der Waals surface area contributed by atoms with Crippen molar-refractivity contribution in [2.24, 2.45) is 0 Å². The molecule has 178 valence electrons. The van der Waals surface area contributed by atoms with E-state index in [1.54, 1.807) is 0 Å². The van der Waals surface area contributed by atoms with E-state index < -0.39 is 0 Å². The molecule has 33 heavy (non-hydrogen) atoms. The number of anilines is 1. The molecule has 0 saturated carbocycles. The topological polar surface area (TPSA) is 25.9 Å². The highest BCUT2D eigenvalue weighted by atomic mass is 15.3. The molecule has 0 amide bonds. The fourth-order valence-corrected chi connectivity index (χ4v) is 6.17. The molecular formula is C28H41N5. The quantitative estimate of drug-likeness (QED) is 0.661. The summed E-state index contributed by atoms with van der Waals surface area (Å²) in [5.41, 5.74) is 2.94. The fourth-order valence-electron chi connectivity index (χ4n) is 6.17. The molecule has 2 aromatic rings. The summed E-state index contributed by atoms with van der Waals surface area (Å²) in [6.07, 6.45) is 8.83. The predicted octanol–water partition coefficient (Wildman–Crippen LogP) is 4.20. The molecule has 5 heteroatoms. The molecule has 1 unspecified atom stereocenters. The molecule has 0 bridgehead atoms. The minimum absolute atomic E-state index is 0.476. The van der Waals surface area contributed by atoms with Gasteiger partial charge in [0.1, 0.15) is 5.82 Å². The number of piperidine rings is 2. The van der Waals surface area contributed by atoms with Gasteiger partial charge in [-0.2, -0.15) is 0 Å². The van der Waals surface area contributed by atoms with Gasteiger partial charge in [-0.1, -0.05) is 36.8 Å². The van der Waals surface area contributed by atoms with Crippen molar-refractivity contribution >= 4 is 5.82 Å². The van der Waals surface area contributed by atoms with E-state index in [1.165, 1.54) is 69.4 Å². The Labute approximate surface area is 200 Å². The van der Waals surface area contributed by atoms with Gasteiger partial charge < -0.3 is 14.7 Å². The molecular weight excluding hydrogens is 406 g/mol. The number of likely N-dealkylation sites (tertiary alicyclic amines) is 2. The van der Waals surface area contributed by atoms with E-state index in [-0.39, 0.29) is 0 Å². The number of piperazine rings is 1. The number of hydrogen-bond acceptors (Lipinski definition) is 5. The van der Waals surface area contributed by atoms with Crippen molar-refractivity contribution in [1.82, 2.24) is 19.7 Å². The summed E-state index contributed by atoms with van der Waals surface area (Å²) >= 11 is 0. The molecule has 3 aliphatic heterocycles. The molecule has 5 rings (SSSR count). The van der Waals surface area contributed by atoms with Crippen LogP contribution in [0.4, 0.5) is 5.82 Å². The Morgan fingerprint density at radius 1 is 0.818 bits per heavy atom. The predicted molar refractivity (Wildman–Crippen MR) is 137 cm³/mol. The highest BCUT2D eigenvalue weighted by Gasteiger charge is 2.31. The van der Waals surface area contributed by atoms with Crippen LogP contribution >= 0.6 is 0 Å². The first kappa shape index (κ1) is 22.8. The van der Waals surface area contributed by atoms with Crippen molar-refractivity contribution in [3.05, 3.63) is 59.8 Å². The van der Waals surface area contributed by atoms with Crippen LogP contribution in [0, 0.1) is 6.92 Å². The normalized spacial score (nSPS) is 23.0. The minimum Gasteiger partial charge on any atom is -0.354 e. The van der Waals surface area contributed by atoms with Gasteiger partial charge in [0.25, 0.3) is 0 Å². The van der Waals surface area contributed by atoms with E-state index in [9.17, 15) is 0 Å². The van der Waals surface area contributed by atoms with Crippen LogP contribution in [0.1, 0.15) is 49.3 Å². The molecule has 5 nitrogen and oxygen atoms in total. The van der Waals surface area contributed by atoms with Crippen molar-refractivity contribution < 1.29 is 0 Å². The van der Waals surface area contributed by atoms with E-state index in [0.717, 1.165) is 44.6 Å². The number of aryl methyl sites for hydroxylation is 1. The van der Waals surface area contributed by atoms with E-state index in [4.69, 9.17) is 0 Å². The number of hydrogen-bond donors (Lipinski definition) is 0. The Hall–Kier alpha value is -1.95. The lowest BCUT2D eigenvalue weighted by Crippen LogP contribution is -2.52. The molecule has 3 fully saturated rings. The van der Waals surface area contributed by atoms with Gasteiger partial charge in [-0.25, -0.2) is 4.98 Å². The number of benzene rings is 1. The van der Waals surface area contributed by atoms with Crippen molar-refractivity contribution in [2.45, 2.75) is 51.1 Å². The van der Waals surface area contributed by atoms with Gasteiger partial charge in [-0.15, -0.1) is 0 Å². The van der Waals surface area contributed by atoms with Crippen LogP contribution in [-0.2, 0) is 0 Å². The summed E-state index contributed by atoms with van der Waals surface area (Å²) in [6, 6.07) is 16.6. The standard InChI is InChI=1S/C28H41N5/c1-24-9-3-4-10-26(24)27(32-19-21-33(22-20-32)28-11-5-6-14-29-28)23-30-17-12-25(13-18-30)31-15-7-2-8-16-31/h3-6,9-11,14,25,27H,2,7-8,12-13,15-23H2,1H3. The maximum Gasteiger partial charge on any atom is 0.128 e. The van der Waals surface area contributed by atoms with Gasteiger partial charge in [0.05, 0.1) is 0 Å². The summed E-state index contributed by atoms with van der Waals surface area (Å²) in [7, 11) is 0. The van der Waals surface area contributed by atoms with Crippen molar-refractivity contribution in [3.8, 4) is 0 Å². The Bertz CT molecular complexity index is 850. The lowest BCUT2D eigenvalue weighted by atomic mass is 9.96. The lowest BCUT2D eigenvalue weighted by Gasteiger charge is -2.44. The maximum atomic E-state index is 4.58. The first-order valence-corrected chi connectivity index (χ1v) is 13.2. The average molecular weight is 448 g/mol. The Morgan fingerprint density at radius 2 is 1.55 bits per heavy atom. The molecule has 0 radical (unpaired) electrons. The molecule has 1 aromatic carbocycles. The van der Waals surface area contributed by atoms with Crippen LogP contribution in [0.2, 0.25) is 0 Å². The number of rotatable bonds is 6. The van der Waals surface area contributed by atoms with Gasteiger partial charge in [0.2, 0.25) is 0 Å². The van der Waals surface area contributed by atoms with Crippen LogP contribution in [-0.4, -0.2) is 84.6 Å². The summed E-state index contributed by atoms with van der Waals surface area (Å²) < 4.78 is 0. The SMILES string of the molecule is Cc1ccccc1C(CN1CCC(N2CCCCC2)CC1)N1CCN(c2ccccn2)CC1. The smallest absolute Gasteiger partial charge is 0.128 e. The second kappa shape index (κ2) is 11.0. The van der Waals surface area contributed by atoms with E-state index >= 15 is 0 Å². The molecule has 1 aromatic heterocycles. The zero-order valence-electron chi connectivity index (χ0n) is 20.4. The van der Waals surface area contributed by atoms with Crippen LogP contribution < -0.4 is 4.90 Å². The summed E-state index contributed by atoms with van der Waals surface area (Å²) in [5.74, 6) is 1.12. The highest BCUT2D eigenvalue weighted by Crippen LogP contribution is 2.29. The van der Waals surface area contributed by atoms with Crippen molar-refractivity contribution in [3.63, 3.8) is 0 Å². The first-order chi connectivity index (χ1) is 16.3. The summed E-state index contributed by atoms with van der Waals surface area (Å²) in [6.45, 7) is 12.9. The zero-order valence-corrected chi connectivity index (χ0v) is 20.4. The lowest BCUT2D eigenvalue weighted by molar-refractivity contribution is 0.0698. The van der Waals surface area contributed by atoms with Crippen LogP contribution in [0.15, 0.2) is 48.7 Å². The third-order valence-corrected chi connectivity index (χ3v) is 8.17. The Morgan fingerprint density at radius 3 is 2.24 bits per heavy atom.